The van der Waals surface area contributed by atoms with Crippen LogP contribution < -0.4 is 4.74 Å². The number of aromatic nitrogens is 2. The van der Waals surface area contributed by atoms with Crippen molar-refractivity contribution in [1.29, 1.82) is 0 Å². The molecule has 100 valence electrons. The monoisotopic (exact) mass is 258 g/mol. The van der Waals surface area contributed by atoms with Gasteiger partial charge in [0, 0.05) is 18.3 Å². The summed E-state index contributed by atoms with van der Waals surface area (Å²) >= 11 is 0. The van der Waals surface area contributed by atoms with E-state index in [2.05, 4.69) is 5.10 Å². The summed E-state index contributed by atoms with van der Waals surface area (Å²) < 4.78 is 7.57. The van der Waals surface area contributed by atoms with Gasteiger partial charge in [-0.15, -0.1) is 0 Å². The SMILES string of the molecule is CCn1cc(COc2ccc(C)cc2C(C)=O)cn1. The van der Waals surface area contributed by atoms with Gasteiger partial charge in [0.2, 0.25) is 0 Å². The minimum Gasteiger partial charge on any atom is -0.488 e. The van der Waals surface area contributed by atoms with E-state index in [1.165, 1.54) is 0 Å². The Morgan fingerprint density at radius 3 is 2.84 bits per heavy atom. The fraction of sp³-hybridized carbons (Fsp3) is 0.333. The second-order valence-electron chi connectivity index (χ2n) is 4.55. The van der Waals surface area contributed by atoms with Gasteiger partial charge in [0.1, 0.15) is 12.4 Å². The summed E-state index contributed by atoms with van der Waals surface area (Å²) in [6.07, 6.45) is 3.73. The molecule has 0 atom stereocenters. The minimum absolute atomic E-state index is 0.0166. The maximum atomic E-state index is 11.6. The Labute approximate surface area is 113 Å². The molecule has 0 bridgehead atoms. The van der Waals surface area contributed by atoms with Gasteiger partial charge in [-0.3, -0.25) is 9.48 Å². The summed E-state index contributed by atoms with van der Waals surface area (Å²) in [5.74, 6) is 0.644. The van der Waals surface area contributed by atoms with E-state index in [0.717, 1.165) is 17.7 Å². The highest BCUT2D eigenvalue weighted by Gasteiger charge is 2.09. The molecule has 1 heterocycles. The Balaban J connectivity index is 2.12. The van der Waals surface area contributed by atoms with Crippen LogP contribution in [0.3, 0.4) is 0 Å². The lowest BCUT2D eigenvalue weighted by Crippen LogP contribution is -2.01. The van der Waals surface area contributed by atoms with Crippen molar-refractivity contribution < 1.29 is 9.53 Å². The first-order chi connectivity index (χ1) is 9.10. The van der Waals surface area contributed by atoms with E-state index in [0.29, 0.717) is 17.9 Å². The molecule has 1 aromatic heterocycles. The second kappa shape index (κ2) is 5.69. The van der Waals surface area contributed by atoms with E-state index in [9.17, 15) is 4.79 Å². The van der Waals surface area contributed by atoms with Gasteiger partial charge in [-0.1, -0.05) is 11.6 Å². The standard InChI is InChI=1S/C15H18N2O2/c1-4-17-9-13(8-16-17)10-19-15-6-5-11(2)7-14(15)12(3)18/h5-9H,4,10H2,1-3H3. The van der Waals surface area contributed by atoms with Gasteiger partial charge in [0.05, 0.1) is 11.8 Å². The summed E-state index contributed by atoms with van der Waals surface area (Å²) in [7, 11) is 0. The summed E-state index contributed by atoms with van der Waals surface area (Å²) in [4.78, 5) is 11.6. The highest BCUT2D eigenvalue weighted by atomic mass is 16.5. The van der Waals surface area contributed by atoms with E-state index >= 15 is 0 Å². The minimum atomic E-state index is 0.0166. The van der Waals surface area contributed by atoms with E-state index in [-0.39, 0.29) is 5.78 Å². The van der Waals surface area contributed by atoms with Crippen molar-refractivity contribution in [3.63, 3.8) is 0 Å². The van der Waals surface area contributed by atoms with Crippen molar-refractivity contribution in [3.8, 4) is 5.75 Å². The third kappa shape index (κ3) is 3.22. The molecule has 0 aliphatic carbocycles. The summed E-state index contributed by atoms with van der Waals surface area (Å²) in [6, 6.07) is 5.64. The maximum absolute atomic E-state index is 11.6. The van der Waals surface area contributed by atoms with Crippen molar-refractivity contribution in [3.05, 3.63) is 47.3 Å². The van der Waals surface area contributed by atoms with Gasteiger partial charge < -0.3 is 4.74 Å². The topological polar surface area (TPSA) is 44.1 Å². The Hall–Kier alpha value is -2.10. The number of carbonyl (C=O) groups is 1. The smallest absolute Gasteiger partial charge is 0.163 e. The van der Waals surface area contributed by atoms with Gasteiger partial charge in [-0.2, -0.15) is 5.10 Å². The molecule has 0 unspecified atom stereocenters. The van der Waals surface area contributed by atoms with Crippen LogP contribution in [0.15, 0.2) is 30.6 Å². The lowest BCUT2D eigenvalue weighted by Gasteiger charge is -2.09. The quantitative estimate of drug-likeness (QED) is 0.774. The van der Waals surface area contributed by atoms with E-state index in [1.807, 2.05) is 42.9 Å². The molecule has 2 aromatic rings. The zero-order valence-corrected chi connectivity index (χ0v) is 11.5. The molecule has 0 aliphatic rings. The van der Waals surface area contributed by atoms with Crippen LogP contribution in [0.5, 0.6) is 5.75 Å². The molecular weight excluding hydrogens is 240 g/mol. The fourth-order valence-corrected chi connectivity index (χ4v) is 1.86. The van der Waals surface area contributed by atoms with Crippen molar-refractivity contribution >= 4 is 5.78 Å². The van der Waals surface area contributed by atoms with Crippen LogP contribution in [0.1, 0.15) is 35.3 Å². The van der Waals surface area contributed by atoms with Crippen LogP contribution in [-0.4, -0.2) is 15.6 Å². The van der Waals surface area contributed by atoms with Gasteiger partial charge in [0.15, 0.2) is 5.78 Å². The van der Waals surface area contributed by atoms with Gasteiger partial charge in [-0.25, -0.2) is 0 Å². The largest absolute Gasteiger partial charge is 0.488 e. The number of ether oxygens (including phenoxy) is 1. The van der Waals surface area contributed by atoms with Crippen LogP contribution in [0.25, 0.3) is 0 Å². The molecule has 0 fully saturated rings. The molecule has 0 amide bonds. The van der Waals surface area contributed by atoms with E-state index in [1.54, 1.807) is 13.1 Å². The number of Topliss-reactive ketones (excluding diaryl/α,β-unsaturated/α-hetero) is 1. The van der Waals surface area contributed by atoms with E-state index in [4.69, 9.17) is 4.74 Å². The highest BCUT2D eigenvalue weighted by molar-refractivity contribution is 5.97. The number of aryl methyl sites for hydroxylation is 2. The first-order valence-electron chi connectivity index (χ1n) is 6.36. The van der Waals surface area contributed by atoms with Crippen LogP contribution >= 0.6 is 0 Å². The molecule has 1 aromatic carbocycles. The van der Waals surface area contributed by atoms with E-state index < -0.39 is 0 Å². The molecule has 0 spiro atoms. The number of rotatable bonds is 5. The lowest BCUT2D eigenvalue weighted by molar-refractivity contribution is 0.101. The van der Waals surface area contributed by atoms with Crippen LogP contribution in [0.4, 0.5) is 0 Å². The molecule has 0 saturated heterocycles. The first-order valence-corrected chi connectivity index (χ1v) is 6.36. The molecule has 0 radical (unpaired) electrons. The Morgan fingerprint density at radius 2 is 2.21 bits per heavy atom. The van der Waals surface area contributed by atoms with Crippen molar-refractivity contribution in [2.75, 3.05) is 0 Å². The molecule has 4 heteroatoms. The zero-order chi connectivity index (χ0) is 13.8. The molecule has 0 aliphatic heterocycles. The van der Waals surface area contributed by atoms with Crippen LogP contribution in [0.2, 0.25) is 0 Å². The molecule has 0 N–H and O–H groups in total. The average Bonchev–Trinajstić information content (AvgIpc) is 2.85. The van der Waals surface area contributed by atoms with Gasteiger partial charge in [0.25, 0.3) is 0 Å². The van der Waals surface area contributed by atoms with Gasteiger partial charge in [-0.05, 0) is 32.9 Å². The molecule has 0 saturated carbocycles. The van der Waals surface area contributed by atoms with Crippen molar-refractivity contribution in [2.45, 2.75) is 33.9 Å². The number of nitrogens with zero attached hydrogens (tertiary/aromatic N) is 2. The lowest BCUT2D eigenvalue weighted by atomic mass is 10.1. The molecule has 4 nitrogen and oxygen atoms in total. The normalized spacial score (nSPS) is 10.5. The summed E-state index contributed by atoms with van der Waals surface area (Å²) in [5.41, 5.74) is 2.68. The fourth-order valence-electron chi connectivity index (χ4n) is 1.86. The molecular formula is C15H18N2O2. The van der Waals surface area contributed by atoms with Gasteiger partial charge >= 0.3 is 0 Å². The van der Waals surface area contributed by atoms with Crippen molar-refractivity contribution in [1.82, 2.24) is 9.78 Å². The third-order valence-electron chi connectivity index (χ3n) is 2.92. The Kier molecular flexibility index (Phi) is 4.00. The predicted octanol–water partition coefficient (Wildman–Crippen LogP) is 2.99. The second-order valence-corrected chi connectivity index (χ2v) is 4.55. The third-order valence-corrected chi connectivity index (χ3v) is 2.92. The highest BCUT2D eigenvalue weighted by Crippen LogP contribution is 2.21. The average molecular weight is 258 g/mol. The number of ketones is 1. The maximum Gasteiger partial charge on any atom is 0.163 e. The number of benzene rings is 1. The molecule has 19 heavy (non-hydrogen) atoms. The first kappa shape index (κ1) is 13.3. The van der Waals surface area contributed by atoms with Crippen LogP contribution in [0, 0.1) is 6.92 Å². The predicted molar refractivity (Wildman–Crippen MR) is 73.4 cm³/mol. The number of carbonyl (C=O) groups excluding carboxylic acids is 1. The number of hydrogen-bond donors (Lipinski definition) is 0. The summed E-state index contributed by atoms with van der Waals surface area (Å²) in [6.45, 7) is 6.80. The van der Waals surface area contributed by atoms with Crippen LogP contribution in [-0.2, 0) is 13.2 Å². The zero-order valence-electron chi connectivity index (χ0n) is 11.5. The van der Waals surface area contributed by atoms with Crippen molar-refractivity contribution in [2.24, 2.45) is 0 Å². The number of hydrogen-bond acceptors (Lipinski definition) is 3. The summed E-state index contributed by atoms with van der Waals surface area (Å²) in [5, 5.41) is 4.19. The molecule has 2 rings (SSSR count). The Bertz CT molecular complexity index is 588. The Morgan fingerprint density at radius 1 is 1.42 bits per heavy atom.